The van der Waals surface area contributed by atoms with Crippen LogP contribution in [-0.4, -0.2) is 0 Å². The summed E-state index contributed by atoms with van der Waals surface area (Å²) in [6, 6.07) is 42.5. The van der Waals surface area contributed by atoms with E-state index in [1.165, 1.54) is 16.7 Å². The third kappa shape index (κ3) is 8.75. The lowest BCUT2D eigenvalue weighted by atomic mass is 9.95. The third-order valence-electron chi connectivity index (χ3n) is 9.58. The SMILES string of the molecule is C=CC(=C)N(c1cccc(-c2ccccc2)c1)c1ccc(/C=C(\c2ccccc2C)N(/C(C=C)=C/C(=C)/C(C)=C/C=C\C)c2ccccc2)c(C)c1C. The summed E-state index contributed by atoms with van der Waals surface area (Å²) >= 11 is 0. The summed E-state index contributed by atoms with van der Waals surface area (Å²) in [6.07, 6.45) is 14.3. The highest BCUT2D eigenvalue weighted by Crippen LogP contribution is 2.39. The van der Waals surface area contributed by atoms with Crippen LogP contribution in [0.4, 0.5) is 17.1 Å². The van der Waals surface area contributed by atoms with E-state index >= 15 is 0 Å². The molecule has 5 rings (SSSR count). The summed E-state index contributed by atoms with van der Waals surface area (Å²) in [5, 5.41) is 0. The Morgan fingerprint density at radius 2 is 1.30 bits per heavy atom. The Hall–Kier alpha value is -6.38. The fraction of sp³-hybridized carbons (Fsp3) is 0.0980. The van der Waals surface area contributed by atoms with E-state index in [2.05, 4.69) is 191 Å². The standard InChI is InChI=1S/C51H50N2/c1-10-13-23-37(4)39(6)34-46(12-3)53(47-28-18-15-19-29-47)51(49-31-21-20-24-38(49)5)36-44-32-33-50(42(9)41(44)8)52(40(7)11-2)48-30-22-27-45(35-48)43-25-16-14-17-26-43/h10-36H,2-3,6-7H2,1,4-5,8-9H3/b13-10-,37-23+,46-34+,51-36+. The molecule has 0 radical (unpaired) electrons. The Morgan fingerprint density at radius 1 is 0.660 bits per heavy atom. The molecule has 0 saturated heterocycles. The summed E-state index contributed by atoms with van der Waals surface area (Å²) in [5.74, 6) is 0. The van der Waals surface area contributed by atoms with Crippen molar-refractivity contribution in [2.75, 3.05) is 9.80 Å². The lowest BCUT2D eigenvalue weighted by Gasteiger charge is -2.31. The van der Waals surface area contributed by atoms with Crippen molar-refractivity contribution in [1.82, 2.24) is 0 Å². The van der Waals surface area contributed by atoms with Gasteiger partial charge in [-0.1, -0.05) is 136 Å². The zero-order valence-corrected chi connectivity index (χ0v) is 31.8. The van der Waals surface area contributed by atoms with Crippen LogP contribution in [0, 0.1) is 20.8 Å². The van der Waals surface area contributed by atoms with Gasteiger partial charge in [-0.05, 0) is 134 Å². The first-order valence-electron chi connectivity index (χ1n) is 18.0. The van der Waals surface area contributed by atoms with Gasteiger partial charge in [0.05, 0.1) is 5.70 Å². The highest BCUT2D eigenvalue weighted by molar-refractivity contribution is 5.95. The molecule has 264 valence electrons. The Morgan fingerprint density at radius 3 is 1.96 bits per heavy atom. The zero-order chi connectivity index (χ0) is 37.9. The van der Waals surface area contributed by atoms with Gasteiger partial charge in [-0.25, -0.2) is 0 Å². The van der Waals surface area contributed by atoms with Crippen molar-refractivity contribution < 1.29 is 0 Å². The topological polar surface area (TPSA) is 6.48 Å². The second-order valence-corrected chi connectivity index (χ2v) is 13.1. The van der Waals surface area contributed by atoms with E-state index in [1.54, 1.807) is 0 Å². The monoisotopic (exact) mass is 690 g/mol. The minimum absolute atomic E-state index is 0.802. The number of rotatable bonds is 14. The van der Waals surface area contributed by atoms with E-state index in [-0.39, 0.29) is 0 Å². The molecule has 0 bridgehead atoms. The molecule has 0 aliphatic carbocycles. The number of hydrogen-bond donors (Lipinski definition) is 0. The van der Waals surface area contributed by atoms with Crippen LogP contribution in [0.25, 0.3) is 22.9 Å². The van der Waals surface area contributed by atoms with Crippen molar-refractivity contribution >= 4 is 28.8 Å². The maximum absolute atomic E-state index is 4.43. The van der Waals surface area contributed by atoms with E-state index in [9.17, 15) is 0 Å². The van der Waals surface area contributed by atoms with Crippen molar-refractivity contribution in [3.63, 3.8) is 0 Å². The highest BCUT2D eigenvalue weighted by Gasteiger charge is 2.21. The molecule has 0 amide bonds. The first kappa shape index (κ1) is 37.9. The van der Waals surface area contributed by atoms with E-state index in [4.69, 9.17) is 0 Å². The first-order valence-corrected chi connectivity index (χ1v) is 18.0. The van der Waals surface area contributed by atoms with E-state index in [0.29, 0.717) is 0 Å². The van der Waals surface area contributed by atoms with Crippen LogP contribution in [0.2, 0.25) is 0 Å². The molecule has 0 aliphatic heterocycles. The maximum Gasteiger partial charge on any atom is 0.0542 e. The molecule has 53 heavy (non-hydrogen) atoms. The summed E-state index contributed by atoms with van der Waals surface area (Å²) in [5.41, 5.74) is 15.9. The molecule has 0 heterocycles. The lowest BCUT2D eigenvalue weighted by Crippen LogP contribution is -2.21. The van der Waals surface area contributed by atoms with Crippen molar-refractivity contribution in [3.8, 4) is 11.1 Å². The minimum Gasteiger partial charge on any atom is -0.311 e. The van der Waals surface area contributed by atoms with E-state index in [0.717, 1.165) is 67.6 Å². The molecule has 0 N–H and O–H groups in total. The van der Waals surface area contributed by atoms with Gasteiger partial charge in [-0.2, -0.15) is 0 Å². The third-order valence-corrected chi connectivity index (χ3v) is 9.58. The van der Waals surface area contributed by atoms with Crippen LogP contribution < -0.4 is 9.80 Å². The molecule has 0 aromatic heterocycles. The van der Waals surface area contributed by atoms with Gasteiger partial charge in [0.15, 0.2) is 0 Å². The zero-order valence-electron chi connectivity index (χ0n) is 31.8. The molecule has 2 heteroatoms. The predicted octanol–water partition coefficient (Wildman–Crippen LogP) is 14.3. The van der Waals surface area contributed by atoms with Crippen LogP contribution in [-0.2, 0) is 0 Å². The van der Waals surface area contributed by atoms with Crippen LogP contribution in [0.15, 0.2) is 207 Å². The van der Waals surface area contributed by atoms with E-state index < -0.39 is 0 Å². The highest BCUT2D eigenvalue weighted by atomic mass is 15.2. The number of aryl methyl sites for hydroxylation is 1. The number of para-hydroxylation sites is 1. The maximum atomic E-state index is 4.43. The van der Waals surface area contributed by atoms with Gasteiger partial charge in [0.25, 0.3) is 0 Å². The average molecular weight is 691 g/mol. The number of benzene rings is 5. The van der Waals surface area contributed by atoms with Gasteiger partial charge in [0.2, 0.25) is 0 Å². The summed E-state index contributed by atoms with van der Waals surface area (Å²) in [4.78, 5) is 4.48. The Bertz CT molecular complexity index is 2240. The fourth-order valence-electron chi connectivity index (χ4n) is 6.36. The molecule has 0 saturated carbocycles. The molecule has 0 spiro atoms. The van der Waals surface area contributed by atoms with Gasteiger partial charge in [-0.15, -0.1) is 0 Å². The van der Waals surface area contributed by atoms with Gasteiger partial charge < -0.3 is 9.80 Å². The molecule has 0 fully saturated rings. The molecular weight excluding hydrogens is 641 g/mol. The Labute approximate surface area is 317 Å². The lowest BCUT2D eigenvalue weighted by molar-refractivity contribution is 1.17. The largest absolute Gasteiger partial charge is 0.311 e. The summed E-state index contributed by atoms with van der Waals surface area (Å²) < 4.78 is 0. The van der Waals surface area contributed by atoms with Gasteiger partial charge in [-0.3, -0.25) is 0 Å². The summed E-state index contributed by atoms with van der Waals surface area (Å²) in [6.45, 7) is 27.9. The quantitative estimate of drug-likeness (QED) is 0.0845. The van der Waals surface area contributed by atoms with Crippen molar-refractivity contribution in [2.24, 2.45) is 0 Å². The predicted molar refractivity (Wildman–Crippen MR) is 233 cm³/mol. The minimum atomic E-state index is 0.802. The molecule has 2 nitrogen and oxygen atoms in total. The molecule has 5 aromatic rings. The van der Waals surface area contributed by atoms with Gasteiger partial charge >= 0.3 is 0 Å². The molecule has 0 aliphatic rings. The fourth-order valence-corrected chi connectivity index (χ4v) is 6.36. The summed E-state index contributed by atoms with van der Waals surface area (Å²) in [7, 11) is 0. The number of hydrogen-bond acceptors (Lipinski definition) is 2. The molecule has 0 atom stereocenters. The van der Waals surface area contributed by atoms with Crippen LogP contribution in [0.1, 0.15) is 41.7 Å². The first-order chi connectivity index (χ1) is 25.7. The van der Waals surface area contributed by atoms with Crippen LogP contribution in [0.3, 0.4) is 0 Å². The van der Waals surface area contributed by atoms with Crippen molar-refractivity contribution in [1.29, 1.82) is 0 Å². The van der Waals surface area contributed by atoms with Gasteiger partial charge in [0.1, 0.15) is 0 Å². The molecule has 5 aromatic carbocycles. The smallest absolute Gasteiger partial charge is 0.0542 e. The second-order valence-electron chi connectivity index (χ2n) is 13.1. The van der Waals surface area contributed by atoms with E-state index in [1.807, 2.05) is 43.4 Å². The number of nitrogens with zero attached hydrogens (tertiary/aromatic N) is 2. The molecule has 0 unspecified atom stereocenters. The second kappa shape index (κ2) is 17.7. The van der Waals surface area contributed by atoms with Crippen molar-refractivity contribution in [3.05, 3.63) is 234 Å². The normalized spacial score (nSPS) is 12.1. The average Bonchev–Trinajstić information content (AvgIpc) is 3.19. The van der Waals surface area contributed by atoms with Crippen LogP contribution in [0.5, 0.6) is 0 Å². The Kier molecular flexibility index (Phi) is 12.7. The van der Waals surface area contributed by atoms with Crippen LogP contribution >= 0.6 is 0 Å². The number of allylic oxidation sites excluding steroid dienone is 8. The van der Waals surface area contributed by atoms with Gasteiger partial charge in [0, 0.05) is 34.0 Å². The van der Waals surface area contributed by atoms with Crippen molar-refractivity contribution in [2.45, 2.75) is 34.6 Å². The number of anilines is 3. The Balaban J connectivity index is 1.71. The molecular formula is C51H50N2.